The average molecular weight is 349 g/mol. The normalized spacial score (nSPS) is 17.0. The van der Waals surface area contributed by atoms with Gasteiger partial charge >= 0.3 is 0 Å². The zero-order chi connectivity index (χ0) is 16.1. The summed E-state index contributed by atoms with van der Waals surface area (Å²) >= 11 is 7.86. The summed E-state index contributed by atoms with van der Waals surface area (Å²) in [6.45, 7) is 5.71. The van der Waals surface area contributed by atoms with Gasteiger partial charge in [0.25, 0.3) is 0 Å². The third kappa shape index (κ3) is 5.32. The zero-order valence-corrected chi connectivity index (χ0v) is 15.3. The van der Waals surface area contributed by atoms with Crippen molar-refractivity contribution in [3.63, 3.8) is 0 Å². The first-order chi connectivity index (χ1) is 11.2. The van der Waals surface area contributed by atoms with E-state index in [-0.39, 0.29) is 0 Å². The van der Waals surface area contributed by atoms with Gasteiger partial charge < -0.3 is 4.90 Å². The number of halogens is 1. The van der Waals surface area contributed by atoms with Crippen molar-refractivity contribution in [2.24, 2.45) is 5.92 Å². The van der Waals surface area contributed by atoms with E-state index >= 15 is 0 Å². The first-order valence-electron chi connectivity index (χ1n) is 8.35. The van der Waals surface area contributed by atoms with Crippen molar-refractivity contribution in [2.45, 2.75) is 25.9 Å². The highest BCUT2D eigenvalue weighted by Crippen LogP contribution is 2.21. The largest absolute Gasteiger partial charge is 0.302 e. The highest BCUT2D eigenvalue weighted by Gasteiger charge is 2.20. The van der Waals surface area contributed by atoms with Crippen LogP contribution in [0, 0.1) is 5.92 Å². The third-order valence-electron chi connectivity index (χ3n) is 4.60. The maximum Gasteiger partial charge on any atom is 0.0409 e. The summed E-state index contributed by atoms with van der Waals surface area (Å²) in [5.74, 6) is 0.828. The second kappa shape index (κ2) is 8.29. The molecule has 4 heteroatoms. The molecule has 0 radical (unpaired) electrons. The number of benzene rings is 1. The lowest BCUT2D eigenvalue weighted by atomic mass is 9.96. The summed E-state index contributed by atoms with van der Waals surface area (Å²) in [5, 5.41) is 5.26. The predicted octanol–water partition coefficient (Wildman–Crippen LogP) is 4.75. The second-order valence-electron chi connectivity index (χ2n) is 6.68. The Hall–Kier alpha value is -0.870. The van der Waals surface area contributed by atoms with Gasteiger partial charge in [0.1, 0.15) is 0 Å². The van der Waals surface area contributed by atoms with Crippen molar-refractivity contribution in [1.82, 2.24) is 9.80 Å². The molecular weight excluding hydrogens is 324 g/mol. The lowest BCUT2D eigenvalue weighted by Gasteiger charge is -2.34. The number of piperidine rings is 1. The fraction of sp³-hybridized carbons (Fsp3) is 0.474. The monoisotopic (exact) mass is 348 g/mol. The molecule has 1 aromatic heterocycles. The van der Waals surface area contributed by atoms with Crippen LogP contribution < -0.4 is 0 Å². The van der Waals surface area contributed by atoms with Crippen molar-refractivity contribution in [1.29, 1.82) is 0 Å². The molecule has 23 heavy (non-hydrogen) atoms. The Morgan fingerprint density at radius 2 is 2.04 bits per heavy atom. The summed E-state index contributed by atoms with van der Waals surface area (Å²) in [5.41, 5.74) is 2.77. The summed E-state index contributed by atoms with van der Waals surface area (Å²) in [6, 6.07) is 10.5. The Kier molecular flexibility index (Phi) is 6.12. The highest BCUT2D eigenvalue weighted by atomic mass is 35.5. The number of hydrogen-bond acceptors (Lipinski definition) is 3. The number of rotatable bonds is 6. The number of likely N-dealkylation sites (tertiary alicyclic amines) is 1. The molecule has 0 unspecified atom stereocenters. The molecule has 124 valence electrons. The van der Waals surface area contributed by atoms with Crippen molar-refractivity contribution >= 4 is 22.9 Å². The second-order valence-corrected chi connectivity index (χ2v) is 7.89. The van der Waals surface area contributed by atoms with Crippen LogP contribution in [0.4, 0.5) is 0 Å². The molecule has 0 N–H and O–H groups in total. The molecule has 0 saturated carbocycles. The van der Waals surface area contributed by atoms with Gasteiger partial charge in [-0.25, -0.2) is 0 Å². The lowest BCUT2D eigenvalue weighted by molar-refractivity contribution is 0.147. The molecule has 1 aliphatic heterocycles. The maximum atomic E-state index is 6.08. The minimum atomic E-state index is 0.828. The van der Waals surface area contributed by atoms with E-state index in [4.69, 9.17) is 11.6 Å². The minimum absolute atomic E-state index is 0.828. The van der Waals surface area contributed by atoms with Crippen LogP contribution in [-0.2, 0) is 13.1 Å². The van der Waals surface area contributed by atoms with E-state index in [0.29, 0.717) is 0 Å². The summed E-state index contributed by atoms with van der Waals surface area (Å²) in [4.78, 5) is 5.03. The molecule has 0 amide bonds. The number of thiophene rings is 1. The van der Waals surface area contributed by atoms with Crippen molar-refractivity contribution in [2.75, 3.05) is 26.7 Å². The van der Waals surface area contributed by atoms with E-state index in [1.807, 2.05) is 12.1 Å². The third-order valence-corrected chi connectivity index (χ3v) is 5.57. The Morgan fingerprint density at radius 1 is 1.22 bits per heavy atom. The van der Waals surface area contributed by atoms with Gasteiger partial charge in [0, 0.05) is 24.7 Å². The van der Waals surface area contributed by atoms with Gasteiger partial charge in [0.2, 0.25) is 0 Å². The topological polar surface area (TPSA) is 6.48 Å². The van der Waals surface area contributed by atoms with Gasteiger partial charge in [-0.2, -0.15) is 11.3 Å². The maximum absolute atomic E-state index is 6.08. The van der Waals surface area contributed by atoms with Gasteiger partial charge in [-0.05, 0) is 79.0 Å². The quantitative estimate of drug-likeness (QED) is 0.743. The first-order valence-corrected chi connectivity index (χ1v) is 9.67. The van der Waals surface area contributed by atoms with Crippen molar-refractivity contribution in [3.05, 3.63) is 57.2 Å². The Bertz CT molecular complexity index is 591. The van der Waals surface area contributed by atoms with Crippen LogP contribution in [0.15, 0.2) is 41.1 Å². The minimum Gasteiger partial charge on any atom is -0.302 e. The molecule has 2 aromatic rings. The zero-order valence-electron chi connectivity index (χ0n) is 13.7. The summed E-state index contributed by atoms with van der Waals surface area (Å²) in [7, 11) is 2.25. The molecule has 2 heterocycles. The van der Waals surface area contributed by atoms with Crippen molar-refractivity contribution in [3.8, 4) is 0 Å². The van der Waals surface area contributed by atoms with Crippen LogP contribution in [0.25, 0.3) is 0 Å². The standard InChI is InChI=1S/C19H25ClN2S/c1-21(13-18-7-10-23-15-18)12-16-5-8-22(9-6-16)14-17-3-2-4-19(20)11-17/h2-4,7,10-11,15-16H,5-6,8-9,12-14H2,1H3. The summed E-state index contributed by atoms with van der Waals surface area (Å²) < 4.78 is 0. The predicted molar refractivity (Wildman–Crippen MR) is 100 cm³/mol. The lowest BCUT2D eigenvalue weighted by Crippen LogP contribution is -2.37. The Morgan fingerprint density at radius 3 is 2.74 bits per heavy atom. The highest BCUT2D eigenvalue weighted by molar-refractivity contribution is 7.07. The molecule has 3 rings (SSSR count). The van der Waals surface area contributed by atoms with Crippen LogP contribution >= 0.6 is 22.9 Å². The molecule has 0 bridgehead atoms. The molecular formula is C19H25ClN2S. The van der Waals surface area contributed by atoms with E-state index in [2.05, 4.69) is 45.8 Å². The van der Waals surface area contributed by atoms with E-state index in [1.54, 1.807) is 11.3 Å². The fourth-order valence-electron chi connectivity index (χ4n) is 3.42. The molecule has 2 nitrogen and oxygen atoms in total. The van der Waals surface area contributed by atoms with E-state index < -0.39 is 0 Å². The fourth-order valence-corrected chi connectivity index (χ4v) is 4.29. The Labute approximate surface area is 148 Å². The van der Waals surface area contributed by atoms with E-state index in [0.717, 1.165) is 24.0 Å². The van der Waals surface area contributed by atoms with E-state index in [1.165, 1.54) is 43.6 Å². The van der Waals surface area contributed by atoms with Gasteiger partial charge in [0.15, 0.2) is 0 Å². The van der Waals surface area contributed by atoms with Gasteiger partial charge in [-0.15, -0.1) is 0 Å². The molecule has 0 atom stereocenters. The van der Waals surface area contributed by atoms with Crippen LogP contribution in [0.3, 0.4) is 0 Å². The van der Waals surface area contributed by atoms with Gasteiger partial charge in [-0.3, -0.25) is 4.90 Å². The van der Waals surface area contributed by atoms with Crippen molar-refractivity contribution < 1.29 is 0 Å². The van der Waals surface area contributed by atoms with Crippen LogP contribution in [-0.4, -0.2) is 36.5 Å². The van der Waals surface area contributed by atoms with Crippen LogP contribution in [0.2, 0.25) is 5.02 Å². The molecule has 1 fully saturated rings. The molecule has 1 saturated heterocycles. The smallest absolute Gasteiger partial charge is 0.0409 e. The molecule has 1 aromatic carbocycles. The van der Waals surface area contributed by atoms with Gasteiger partial charge in [0.05, 0.1) is 0 Å². The van der Waals surface area contributed by atoms with E-state index in [9.17, 15) is 0 Å². The SMILES string of the molecule is CN(Cc1ccsc1)CC1CCN(Cc2cccc(Cl)c2)CC1. The molecule has 1 aliphatic rings. The van der Waals surface area contributed by atoms with Crippen LogP contribution in [0.5, 0.6) is 0 Å². The number of nitrogens with zero attached hydrogens (tertiary/aromatic N) is 2. The van der Waals surface area contributed by atoms with Gasteiger partial charge in [-0.1, -0.05) is 23.7 Å². The molecule has 0 aliphatic carbocycles. The van der Waals surface area contributed by atoms with Crippen LogP contribution in [0.1, 0.15) is 24.0 Å². The number of hydrogen-bond donors (Lipinski definition) is 0. The molecule has 0 spiro atoms. The average Bonchev–Trinajstić information content (AvgIpc) is 3.02. The first kappa shape index (κ1) is 17.0. The Balaban J connectivity index is 1.41. The summed E-state index contributed by atoms with van der Waals surface area (Å²) in [6.07, 6.45) is 2.60.